The maximum absolute atomic E-state index is 13.1. The van der Waals surface area contributed by atoms with Crippen LogP contribution in [0.3, 0.4) is 0 Å². The number of hydrogen-bond donors (Lipinski definition) is 3. The van der Waals surface area contributed by atoms with Crippen LogP contribution in [0.15, 0.2) is 0 Å². The highest BCUT2D eigenvalue weighted by Gasteiger charge is 2.30. The Morgan fingerprint density at radius 1 is 0.270 bits per heavy atom. The quantitative estimate of drug-likeness (QED) is 0.0222. The number of carbonyl (C=O) groups excluding carboxylic acids is 4. The largest absolute Gasteiger partial charge is 0.472 e. The summed E-state index contributed by atoms with van der Waals surface area (Å²) < 4.78 is 68.7. The molecule has 594 valence electrons. The lowest BCUT2D eigenvalue weighted by molar-refractivity contribution is -0.161. The molecule has 0 rings (SSSR count). The monoisotopic (exact) mass is 1470 g/mol. The summed E-state index contributed by atoms with van der Waals surface area (Å²) in [6, 6.07) is 0. The van der Waals surface area contributed by atoms with E-state index in [-0.39, 0.29) is 25.7 Å². The van der Waals surface area contributed by atoms with E-state index in [1.54, 1.807) is 0 Å². The summed E-state index contributed by atoms with van der Waals surface area (Å²) in [7, 11) is -9.92. The number of hydrogen-bond acceptors (Lipinski definition) is 15. The first kappa shape index (κ1) is 98.1. The molecule has 0 fully saturated rings. The Morgan fingerprint density at radius 2 is 0.460 bits per heavy atom. The van der Waals surface area contributed by atoms with Gasteiger partial charge in [0, 0.05) is 25.7 Å². The Hall–Kier alpha value is -1.94. The SMILES string of the molecule is CCCCCCCCCCCCCCCCCCCCC(=O)O[C@H](COC(=O)CCCCCCCCCCCCCCCCCCC)COP(=O)(O)OC[C@@H](O)COP(=O)(O)OC[C@@H](COC(=O)CCCCCCCCCCC(C)C)OC(=O)CCCCCCCCCCCCCCCC. The molecule has 100 heavy (non-hydrogen) atoms. The molecule has 0 spiro atoms. The maximum Gasteiger partial charge on any atom is 0.472 e. The third-order valence-corrected chi connectivity index (χ3v) is 20.9. The number of unbranched alkanes of at least 4 members (excludes halogenated alkanes) is 53. The van der Waals surface area contributed by atoms with Crippen molar-refractivity contribution in [2.75, 3.05) is 39.6 Å². The van der Waals surface area contributed by atoms with E-state index in [0.29, 0.717) is 25.7 Å². The van der Waals surface area contributed by atoms with Crippen LogP contribution in [0.1, 0.15) is 433 Å². The Balaban J connectivity index is 5.25. The number of aliphatic hydroxyl groups is 1. The van der Waals surface area contributed by atoms with E-state index in [0.717, 1.165) is 95.8 Å². The predicted octanol–water partition coefficient (Wildman–Crippen LogP) is 24.4. The summed E-state index contributed by atoms with van der Waals surface area (Å²) in [5.41, 5.74) is 0. The molecule has 0 heterocycles. The number of carbonyl (C=O) groups is 4. The molecule has 0 aromatic rings. The average Bonchev–Trinajstić information content (AvgIpc) is 1.02. The molecule has 0 aliphatic heterocycles. The number of phosphoric acid groups is 2. The molecule has 3 N–H and O–H groups in total. The molecule has 17 nitrogen and oxygen atoms in total. The van der Waals surface area contributed by atoms with E-state index in [9.17, 15) is 43.2 Å². The van der Waals surface area contributed by atoms with Crippen molar-refractivity contribution in [1.82, 2.24) is 0 Å². The Bertz CT molecular complexity index is 1910. The summed E-state index contributed by atoms with van der Waals surface area (Å²) in [4.78, 5) is 73.0. The Morgan fingerprint density at radius 3 is 0.680 bits per heavy atom. The van der Waals surface area contributed by atoms with E-state index in [4.69, 9.17) is 37.0 Å². The average molecular weight is 1470 g/mol. The van der Waals surface area contributed by atoms with Gasteiger partial charge in [0.25, 0.3) is 0 Å². The molecular formula is C81H158O17P2. The molecule has 5 atom stereocenters. The second-order valence-electron chi connectivity index (χ2n) is 29.6. The number of rotatable bonds is 81. The van der Waals surface area contributed by atoms with Crippen molar-refractivity contribution in [2.24, 2.45) is 5.92 Å². The summed E-state index contributed by atoms with van der Waals surface area (Å²) in [5, 5.41) is 10.6. The van der Waals surface area contributed by atoms with Crippen molar-refractivity contribution < 1.29 is 80.2 Å². The topological polar surface area (TPSA) is 237 Å². The van der Waals surface area contributed by atoms with Crippen LogP contribution in [-0.4, -0.2) is 96.7 Å². The third kappa shape index (κ3) is 74.3. The van der Waals surface area contributed by atoms with Crippen LogP contribution in [0, 0.1) is 5.92 Å². The lowest BCUT2D eigenvalue weighted by atomic mass is 10.0. The van der Waals surface area contributed by atoms with E-state index >= 15 is 0 Å². The van der Waals surface area contributed by atoms with E-state index in [2.05, 4.69) is 34.6 Å². The van der Waals surface area contributed by atoms with Gasteiger partial charge in [0.15, 0.2) is 12.2 Å². The minimum absolute atomic E-state index is 0.108. The van der Waals surface area contributed by atoms with Gasteiger partial charge < -0.3 is 33.8 Å². The first-order chi connectivity index (χ1) is 48.5. The van der Waals surface area contributed by atoms with Gasteiger partial charge in [0.05, 0.1) is 26.4 Å². The Labute approximate surface area is 613 Å². The predicted molar refractivity (Wildman–Crippen MR) is 409 cm³/mol. The zero-order valence-electron chi connectivity index (χ0n) is 65.3. The van der Waals surface area contributed by atoms with Crippen molar-refractivity contribution in [3.8, 4) is 0 Å². The van der Waals surface area contributed by atoms with Gasteiger partial charge in [-0.2, -0.15) is 0 Å². The summed E-state index contributed by atoms with van der Waals surface area (Å²) in [6.45, 7) is 7.30. The molecular weight excluding hydrogens is 1310 g/mol. The van der Waals surface area contributed by atoms with Gasteiger partial charge in [-0.1, -0.05) is 381 Å². The van der Waals surface area contributed by atoms with Crippen molar-refractivity contribution >= 4 is 39.5 Å². The van der Waals surface area contributed by atoms with Gasteiger partial charge >= 0.3 is 39.5 Å². The van der Waals surface area contributed by atoms with Crippen molar-refractivity contribution in [3.63, 3.8) is 0 Å². The summed E-state index contributed by atoms with van der Waals surface area (Å²) in [5.74, 6) is -1.38. The second kappa shape index (κ2) is 73.9. The van der Waals surface area contributed by atoms with Gasteiger partial charge in [0.2, 0.25) is 0 Å². The van der Waals surface area contributed by atoms with Crippen molar-refractivity contribution in [3.05, 3.63) is 0 Å². The highest BCUT2D eigenvalue weighted by molar-refractivity contribution is 7.47. The molecule has 0 aromatic carbocycles. The van der Waals surface area contributed by atoms with E-state index in [1.165, 1.54) is 257 Å². The summed E-state index contributed by atoms with van der Waals surface area (Å²) in [6.07, 6.45) is 65.2. The van der Waals surface area contributed by atoms with Crippen molar-refractivity contribution in [1.29, 1.82) is 0 Å². The van der Waals surface area contributed by atoms with E-state index < -0.39 is 97.5 Å². The molecule has 0 aromatic heterocycles. The van der Waals surface area contributed by atoms with E-state index in [1.807, 2.05) is 0 Å². The first-order valence-electron chi connectivity index (χ1n) is 42.1. The van der Waals surface area contributed by atoms with Crippen LogP contribution < -0.4 is 0 Å². The molecule has 0 bridgehead atoms. The fourth-order valence-electron chi connectivity index (χ4n) is 12.6. The number of aliphatic hydroxyl groups excluding tert-OH is 1. The highest BCUT2D eigenvalue weighted by atomic mass is 31.2. The molecule has 0 saturated carbocycles. The number of ether oxygens (including phenoxy) is 4. The van der Waals surface area contributed by atoms with Gasteiger partial charge in [-0.3, -0.25) is 37.3 Å². The van der Waals surface area contributed by atoms with Crippen LogP contribution in [0.2, 0.25) is 0 Å². The minimum Gasteiger partial charge on any atom is -0.462 e. The maximum atomic E-state index is 13.1. The number of phosphoric ester groups is 2. The normalized spacial score (nSPS) is 13.8. The van der Waals surface area contributed by atoms with Crippen LogP contribution in [0.5, 0.6) is 0 Å². The lowest BCUT2D eigenvalue weighted by Crippen LogP contribution is -2.30. The van der Waals surface area contributed by atoms with Crippen LogP contribution in [0.25, 0.3) is 0 Å². The van der Waals surface area contributed by atoms with Gasteiger partial charge in [-0.05, 0) is 31.6 Å². The standard InChI is InChI=1S/C81H158O17P2/c1-6-9-12-15-18-21-24-27-30-32-34-36-39-42-45-52-57-62-67-81(86)97-76(70-91-78(83)64-59-54-49-43-40-38-35-33-31-28-25-22-19-16-13-10-7-2)72-95-99(87,88)93-68-75(82)69-94-100(89,90)96-73-77(71-92-79(84)65-60-55-50-47-46-48-53-58-63-74(4)5)98-80(85)66-61-56-51-44-41-37-29-26-23-20-17-14-11-8-3/h74-77,82H,6-73H2,1-5H3,(H,87,88)(H,89,90)/t75-,76-,77-/m1/s1. The third-order valence-electron chi connectivity index (χ3n) is 19.0. The fourth-order valence-corrected chi connectivity index (χ4v) is 14.2. The first-order valence-corrected chi connectivity index (χ1v) is 45.1. The molecule has 0 aliphatic rings. The highest BCUT2D eigenvalue weighted by Crippen LogP contribution is 2.45. The number of esters is 4. The second-order valence-corrected chi connectivity index (χ2v) is 32.5. The molecule has 0 aliphatic carbocycles. The molecule has 0 radical (unpaired) electrons. The van der Waals surface area contributed by atoms with Crippen LogP contribution >= 0.6 is 15.6 Å². The zero-order valence-corrected chi connectivity index (χ0v) is 67.1. The van der Waals surface area contributed by atoms with Crippen LogP contribution in [-0.2, 0) is 65.4 Å². The Kier molecular flexibility index (Phi) is 72.5. The lowest BCUT2D eigenvalue weighted by Gasteiger charge is -2.21. The van der Waals surface area contributed by atoms with Gasteiger partial charge in [-0.15, -0.1) is 0 Å². The smallest absolute Gasteiger partial charge is 0.462 e. The molecule has 0 amide bonds. The minimum atomic E-state index is -4.96. The van der Waals surface area contributed by atoms with Gasteiger partial charge in [0.1, 0.15) is 19.3 Å². The molecule has 2 unspecified atom stereocenters. The zero-order chi connectivity index (χ0) is 73.4. The molecule has 19 heteroatoms. The molecule has 0 saturated heterocycles. The fraction of sp³-hybridized carbons (Fsp3) is 0.951. The van der Waals surface area contributed by atoms with Crippen molar-refractivity contribution in [2.45, 2.75) is 451 Å². The summed E-state index contributed by atoms with van der Waals surface area (Å²) >= 11 is 0. The van der Waals surface area contributed by atoms with Crippen LogP contribution in [0.4, 0.5) is 0 Å². The van der Waals surface area contributed by atoms with Gasteiger partial charge in [-0.25, -0.2) is 9.13 Å².